The fraction of sp³-hybridized carbons (Fsp3) is 0.0667. The van der Waals surface area contributed by atoms with Crippen LogP contribution in [0.1, 0.15) is 21.5 Å². The molecular weight excluding hydrogens is 339 g/mol. The minimum atomic E-state index is -0.681. The average molecular weight is 349 g/mol. The second-order valence-electron chi connectivity index (χ2n) is 4.21. The Labute approximate surface area is 129 Å². The van der Waals surface area contributed by atoms with Gasteiger partial charge in [0.25, 0.3) is 0 Å². The molecule has 0 aliphatic carbocycles. The number of benzene rings is 2. The summed E-state index contributed by atoms with van der Waals surface area (Å²) in [4.78, 5) is 12.0. The van der Waals surface area contributed by atoms with Crippen LogP contribution < -0.4 is 5.73 Å². The first-order valence-corrected chi connectivity index (χ1v) is 6.72. The quantitative estimate of drug-likeness (QED) is 0.681. The summed E-state index contributed by atoms with van der Waals surface area (Å²) in [7, 11) is 0. The second-order valence-corrected chi connectivity index (χ2v) is 5.06. The highest BCUT2D eigenvalue weighted by atomic mass is 79.9. The number of nitrogens with zero attached hydrogens (tertiary/aromatic N) is 1. The normalized spacial score (nSPS) is 9.95. The zero-order valence-corrected chi connectivity index (χ0v) is 12.4. The van der Waals surface area contributed by atoms with E-state index in [0.717, 1.165) is 0 Å². The fourth-order valence-electron chi connectivity index (χ4n) is 1.70. The lowest BCUT2D eigenvalue weighted by atomic mass is 10.1. The van der Waals surface area contributed by atoms with Crippen LogP contribution in [0.5, 0.6) is 0 Å². The van der Waals surface area contributed by atoms with E-state index in [1.807, 2.05) is 0 Å². The number of ether oxygens (including phenoxy) is 1. The molecule has 0 unspecified atom stereocenters. The van der Waals surface area contributed by atoms with Crippen molar-refractivity contribution in [2.45, 2.75) is 6.61 Å². The lowest BCUT2D eigenvalue weighted by Gasteiger charge is -2.08. The number of carbonyl (C=O) groups excluding carboxylic acids is 1. The Morgan fingerprint density at radius 2 is 2.14 bits per heavy atom. The van der Waals surface area contributed by atoms with Crippen molar-refractivity contribution in [3.05, 3.63) is 63.4 Å². The first-order chi connectivity index (χ1) is 10.0. The summed E-state index contributed by atoms with van der Waals surface area (Å²) in [5.41, 5.74) is 6.34. The molecule has 0 bridgehead atoms. The first-order valence-electron chi connectivity index (χ1n) is 5.92. The Bertz CT molecular complexity index is 741. The number of esters is 1. The zero-order valence-electron chi connectivity index (χ0n) is 10.8. The maximum Gasteiger partial charge on any atom is 0.339 e. The van der Waals surface area contributed by atoms with E-state index in [2.05, 4.69) is 15.9 Å². The molecule has 0 radical (unpaired) electrons. The Morgan fingerprint density at radius 1 is 1.38 bits per heavy atom. The van der Waals surface area contributed by atoms with Gasteiger partial charge in [-0.05, 0) is 40.2 Å². The smallest absolute Gasteiger partial charge is 0.339 e. The number of nitriles is 1. The molecule has 6 heteroatoms. The number of carbonyl (C=O) groups is 1. The van der Waals surface area contributed by atoms with Gasteiger partial charge in [0.1, 0.15) is 18.5 Å². The van der Waals surface area contributed by atoms with Crippen molar-refractivity contribution in [2.75, 3.05) is 5.73 Å². The van der Waals surface area contributed by atoms with Gasteiger partial charge in [-0.15, -0.1) is 0 Å². The molecule has 21 heavy (non-hydrogen) atoms. The molecule has 0 aliphatic heterocycles. The highest BCUT2D eigenvalue weighted by molar-refractivity contribution is 9.10. The third kappa shape index (κ3) is 3.38. The summed E-state index contributed by atoms with van der Waals surface area (Å²) < 4.78 is 19.4. The predicted molar refractivity (Wildman–Crippen MR) is 78.8 cm³/mol. The van der Waals surface area contributed by atoms with Gasteiger partial charge in [-0.1, -0.05) is 12.1 Å². The summed E-state index contributed by atoms with van der Waals surface area (Å²) in [6, 6.07) is 10.8. The van der Waals surface area contributed by atoms with Crippen LogP contribution in [-0.2, 0) is 11.3 Å². The highest BCUT2D eigenvalue weighted by Gasteiger charge is 2.14. The molecule has 2 aromatic rings. The molecule has 0 amide bonds. The van der Waals surface area contributed by atoms with E-state index in [1.54, 1.807) is 18.2 Å². The van der Waals surface area contributed by atoms with Crippen molar-refractivity contribution < 1.29 is 13.9 Å². The minimum absolute atomic E-state index is 0.0892. The van der Waals surface area contributed by atoms with E-state index in [-0.39, 0.29) is 23.3 Å². The van der Waals surface area contributed by atoms with Gasteiger partial charge in [0.05, 0.1) is 11.1 Å². The number of nitrogen functional groups attached to an aromatic ring is 1. The van der Waals surface area contributed by atoms with Crippen molar-refractivity contribution in [1.29, 1.82) is 5.26 Å². The third-order valence-corrected chi connectivity index (χ3v) is 3.46. The molecular formula is C15H10BrFN2O2. The molecule has 0 fully saturated rings. The van der Waals surface area contributed by atoms with Crippen LogP contribution in [0, 0.1) is 17.1 Å². The SMILES string of the molecule is N#Cc1cccc(COC(=O)c2cc(N)ccc2Br)c1F. The van der Waals surface area contributed by atoms with Gasteiger partial charge < -0.3 is 10.5 Å². The molecule has 2 aromatic carbocycles. The maximum atomic E-state index is 13.8. The van der Waals surface area contributed by atoms with E-state index in [1.165, 1.54) is 24.3 Å². The van der Waals surface area contributed by atoms with Crippen LogP contribution in [0.25, 0.3) is 0 Å². The van der Waals surface area contributed by atoms with Crippen molar-refractivity contribution in [3.8, 4) is 6.07 Å². The summed E-state index contributed by atoms with van der Waals surface area (Å²) in [5, 5.41) is 8.75. The van der Waals surface area contributed by atoms with Gasteiger partial charge in [-0.3, -0.25) is 0 Å². The topological polar surface area (TPSA) is 76.1 Å². The molecule has 106 valence electrons. The van der Waals surface area contributed by atoms with Gasteiger partial charge in [0.2, 0.25) is 0 Å². The summed E-state index contributed by atoms with van der Waals surface area (Å²) in [5.74, 6) is -1.31. The van der Waals surface area contributed by atoms with Crippen LogP contribution in [-0.4, -0.2) is 5.97 Å². The average Bonchev–Trinajstić information content (AvgIpc) is 2.48. The summed E-state index contributed by atoms with van der Waals surface area (Å²) >= 11 is 3.22. The largest absolute Gasteiger partial charge is 0.457 e. The van der Waals surface area contributed by atoms with Crippen molar-refractivity contribution in [2.24, 2.45) is 0 Å². The van der Waals surface area contributed by atoms with Crippen LogP contribution in [0.4, 0.5) is 10.1 Å². The van der Waals surface area contributed by atoms with Crippen LogP contribution in [0.2, 0.25) is 0 Å². The number of nitrogens with two attached hydrogens (primary N) is 1. The van der Waals surface area contributed by atoms with Gasteiger partial charge in [0.15, 0.2) is 0 Å². The van der Waals surface area contributed by atoms with Gasteiger partial charge in [0, 0.05) is 15.7 Å². The van der Waals surface area contributed by atoms with Crippen LogP contribution in [0.15, 0.2) is 40.9 Å². The van der Waals surface area contributed by atoms with Crippen molar-refractivity contribution in [1.82, 2.24) is 0 Å². The van der Waals surface area contributed by atoms with E-state index < -0.39 is 11.8 Å². The van der Waals surface area contributed by atoms with E-state index in [9.17, 15) is 9.18 Å². The monoisotopic (exact) mass is 348 g/mol. The molecule has 0 heterocycles. The number of hydrogen-bond donors (Lipinski definition) is 1. The lowest BCUT2D eigenvalue weighted by Crippen LogP contribution is -2.08. The summed E-state index contributed by atoms with van der Waals surface area (Å²) in [6.07, 6.45) is 0. The number of hydrogen-bond acceptors (Lipinski definition) is 4. The Kier molecular flexibility index (Phi) is 4.55. The molecule has 0 aliphatic rings. The molecule has 0 atom stereocenters. The fourth-order valence-corrected chi connectivity index (χ4v) is 2.11. The van der Waals surface area contributed by atoms with Crippen LogP contribution in [0.3, 0.4) is 0 Å². The van der Waals surface area contributed by atoms with Gasteiger partial charge in [-0.25, -0.2) is 9.18 Å². The van der Waals surface area contributed by atoms with E-state index >= 15 is 0 Å². The second kappa shape index (κ2) is 6.37. The summed E-state index contributed by atoms with van der Waals surface area (Å²) in [6.45, 7) is -0.262. The lowest BCUT2D eigenvalue weighted by molar-refractivity contribution is 0.0468. The molecule has 0 saturated carbocycles. The van der Waals surface area contributed by atoms with Gasteiger partial charge in [-0.2, -0.15) is 5.26 Å². The van der Waals surface area contributed by atoms with Crippen molar-refractivity contribution in [3.63, 3.8) is 0 Å². The number of anilines is 1. The van der Waals surface area contributed by atoms with E-state index in [4.69, 9.17) is 15.7 Å². The molecule has 2 N–H and O–H groups in total. The molecule has 0 saturated heterocycles. The first kappa shape index (κ1) is 15.0. The molecule has 2 rings (SSSR count). The Balaban J connectivity index is 2.15. The van der Waals surface area contributed by atoms with Gasteiger partial charge >= 0.3 is 5.97 Å². The maximum absolute atomic E-state index is 13.8. The van der Waals surface area contributed by atoms with Crippen LogP contribution >= 0.6 is 15.9 Å². The Morgan fingerprint density at radius 3 is 2.86 bits per heavy atom. The molecule has 0 spiro atoms. The molecule has 4 nitrogen and oxygen atoms in total. The predicted octanol–water partition coefficient (Wildman–Crippen LogP) is 3.40. The number of rotatable bonds is 3. The highest BCUT2D eigenvalue weighted by Crippen LogP contribution is 2.21. The number of halogens is 2. The third-order valence-electron chi connectivity index (χ3n) is 2.77. The minimum Gasteiger partial charge on any atom is -0.457 e. The standard InChI is InChI=1S/C15H10BrFN2O2/c16-13-5-4-11(19)6-12(13)15(20)21-8-10-3-1-2-9(7-18)14(10)17/h1-6H,8,19H2. The van der Waals surface area contributed by atoms with Crippen molar-refractivity contribution >= 4 is 27.6 Å². The molecule has 0 aromatic heterocycles. The zero-order chi connectivity index (χ0) is 15.4. The van der Waals surface area contributed by atoms with E-state index in [0.29, 0.717) is 10.2 Å². The Hall–Kier alpha value is -2.39.